The number of hydrogen-bond acceptors (Lipinski definition) is 8. The topological polar surface area (TPSA) is 143 Å². The molecule has 0 fully saturated rings. The van der Waals surface area contributed by atoms with Gasteiger partial charge in [0.1, 0.15) is 11.6 Å². The maximum atomic E-state index is 11.8. The zero-order valence-corrected chi connectivity index (χ0v) is 15.9. The van der Waals surface area contributed by atoms with E-state index in [9.17, 15) is 14.4 Å². The summed E-state index contributed by atoms with van der Waals surface area (Å²) in [5, 5.41) is 10.6. The molecule has 0 saturated carbocycles. The molecular formula is C15H21N5O5S. The number of amides is 1. The first kappa shape index (κ1) is 19.8. The summed E-state index contributed by atoms with van der Waals surface area (Å²) in [5.74, 6) is 0.457. The summed E-state index contributed by atoms with van der Waals surface area (Å²) >= 11 is 1.15. The second-order valence-corrected chi connectivity index (χ2v) is 7.50. The second kappa shape index (κ2) is 7.77. The van der Waals surface area contributed by atoms with Crippen molar-refractivity contribution in [3.63, 3.8) is 0 Å². The largest absolute Gasteiger partial charge is 0.444 e. The van der Waals surface area contributed by atoms with Gasteiger partial charge in [-0.25, -0.2) is 9.59 Å². The van der Waals surface area contributed by atoms with Gasteiger partial charge in [-0.2, -0.15) is 0 Å². The number of hydrogen-bond donors (Lipinski definition) is 3. The molecule has 1 amide bonds. The number of ether oxygens (including phenoxy) is 1. The smallest absolute Gasteiger partial charge is 0.408 e. The Kier molecular flexibility index (Phi) is 5.90. The van der Waals surface area contributed by atoms with Crippen LogP contribution in [-0.2, 0) is 10.5 Å². The number of aromatic amines is 2. The molecule has 0 radical (unpaired) electrons. The fourth-order valence-electron chi connectivity index (χ4n) is 1.93. The van der Waals surface area contributed by atoms with Crippen LogP contribution in [0.2, 0.25) is 0 Å². The van der Waals surface area contributed by atoms with Gasteiger partial charge in [-0.1, -0.05) is 11.8 Å². The highest BCUT2D eigenvalue weighted by Gasteiger charge is 2.21. The van der Waals surface area contributed by atoms with E-state index in [-0.39, 0.29) is 16.9 Å². The summed E-state index contributed by atoms with van der Waals surface area (Å²) < 4.78 is 10.7. The lowest BCUT2D eigenvalue weighted by Crippen LogP contribution is -2.34. The first-order chi connectivity index (χ1) is 12.0. The van der Waals surface area contributed by atoms with E-state index in [1.54, 1.807) is 34.6 Å². The third-order valence-corrected chi connectivity index (χ3v) is 3.97. The van der Waals surface area contributed by atoms with Crippen molar-refractivity contribution in [2.24, 2.45) is 0 Å². The van der Waals surface area contributed by atoms with Gasteiger partial charge in [0.15, 0.2) is 0 Å². The molecule has 0 unspecified atom stereocenters. The lowest BCUT2D eigenvalue weighted by Gasteiger charge is -2.20. The molecular weight excluding hydrogens is 362 g/mol. The van der Waals surface area contributed by atoms with E-state index in [1.165, 1.54) is 0 Å². The minimum atomic E-state index is -0.610. The Balaban J connectivity index is 1.98. The molecule has 11 heteroatoms. The standard InChI is InChI=1S/C15H21N5O5S/c1-7-9(10(21)18-12(22)16-7)6-26-14-20-19-11(24-14)8(2)17-13(23)25-15(3,4)5/h8H,6H2,1-5H3,(H,17,23)(H2,16,18,21,22)/t8-/m1/s1. The van der Waals surface area contributed by atoms with Crippen LogP contribution < -0.4 is 16.6 Å². The van der Waals surface area contributed by atoms with Gasteiger partial charge >= 0.3 is 11.8 Å². The maximum absolute atomic E-state index is 11.8. The predicted octanol–water partition coefficient (Wildman–Crippen LogP) is 1.63. The highest BCUT2D eigenvalue weighted by molar-refractivity contribution is 7.98. The highest BCUT2D eigenvalue weighted by atomic mass is 32.2. The van der Waals surface area contributed by atoms with Crippen LogP contribution in [0.4, 0.5) is 4.79 Å². The van der Waals surface area contributed by atoms with Crippen LogP contribution in [0, 0.1) is 6.92 Å². The minimum absolute atomic E-state index is 0.213. The van der Waals surface area contributed by atoms with E-state index in [1.807, 2.05) is 0 Å². The number of carbonyl (C=O) groups excluding carboxylic acids is 1. The van der Waals surface area contributed by atoms with E-state index in [2.05, 4.69) is 25.5 Å². The van der Waals surface area contributed by atoms with Crippen molar-refractivity contribution in [3.05, 3.63) is 38.0 Å². The number of aromatic nitrogens is 4. The quantitative estimate of drug-likeness (QED) is 0.661. The number of aryl methyl sites for hydroxylation is 1. The molecule has 0 aliphatic heterocycles. The number of rotatable bonds is 5. The first-order valence-electron chi connectivity index (χ1n) is 7.83. The monoisotopic (exact) mass is 383 g/mol. The zero-order chi connectivity index (χ0) is 19.5. The summed E-state index contributed by atoms with van der Waals surface area (Å²) in [5.41, 5.74) is -0.733. The van der Waals surface area contributed by atoms with Crippen LogP contribution in [-0.4, -0.2) is 31.9 Å². The molecule has 2 aromatic heterocycles. The molecule has 0 saturated heterocycles. The van der Waals surface area contributed by atoms with Crippen molar-refractivity contribution in [2.75, 3.05) is 0 Å². The molecule has 10 nitrogen and oxygen atoms in total. The Morgan fingerprint density at radius 1 is 1.31 bits per heavy atom. The first-order valence-corrected chi connectivity index (χ1v) is 8.81. The third-order valence-electron chi connectivity index (χ3n) is 3.12. The van der Waals surface area contributed by atoms with Gasteiger partial charge in [0.2, 0.25) is 5.89 Å². The summed E-state index contributed by atoms with van der Waals surface area (Å²) in [7, 11) is 0. The Morgan fingerprint density at radius 3 is 2.62 bits per heavy atom. The van der Waals surface area contributed by atoms with Crippen LogP contribution in [0.3, 0.4) is 0 Å². The van der Waals surface area contributed by atoms with Crippen molar-refractivity contribution < 1.29 is 13.9 Å². The molecule has 0 aromatic carbocycles. The average Bonchev–Trinajstić information content (AvgIpc) is 2.92. The number of H-pyrrole nitrogens is 2. The number of nitrogens with one attached hydrogen (secondary N) is 3. The molecule has 0 spiro atoms. The maximum Gasteiger partial charge on any atom is 0.408 e. The van der Waals surface area contributed by atoms with Crippen molar-refractivity contribution in [3.8, 4) is 0 Å². The fourth-order valence-corrected chi connectivity index (χ4v) is 2.79. The van der Waals surface area contributed by atoms with Crippen molar-refractivity contribution in [2.45, 2.75) is 57.2 Å². The minimum Gasteiger partial charge on any atom is -0.444 e. The SMILES string of the molecule is Cc1[nH]c(=O)[nH]c(=O)c1CSc1nnc([C@@H](C)NC(=O)OC(C)(C)C)o1. The number of alkyl carbamates (subject to hydrolysis) is 1. The number of nitrogens with zero attached hydrogens (tertiary/aromatic N) is 2. The van der Waals surface area contributed by atoms with Gasteiger partial charge < -0.3 is 19.5 Å². The Labute approximate surface area is 153 Å². The van der Waals surface area contributed by atoms with E-state index < -0.39 is 29.0 Å². The summed E-state index contributed by atoms with van der Waals surface area (Å²) in [6.45, 7) is 8.61. The fraction of sp³-hybridized carbons (Fsp3) is 0.533. The van der Waals surface area contributed by atoms with Gasteiger partial charge in [0.25, 0.3) is 10.8 Å². The second-order valence-electron chi connectivity index (χ2n) is 6.57. The molecule has 2 heterocycles. The Morgan fingerprint density at radius 2 is 2.00 bits per heavy atom. The Bertz CT molecular complexity index is 895. The lowest BCUT2D eigenvalue weighted by atomic mass is 10.2. The molecule has 0 aliphatic rings. The molecule has 2 aromatic rings. The molecule has 3 N–H and O–H groups in total. The van der Waals surface area contributed by atoms with Gasteiger partial charge in [0.05, 0.1) is 0 Å². The van der Waals surface area contributed by atoms with E-state index in [0.29, 0.717) is 11.3 Å². The van der Waals surface area contributed by atoms with Crippen LogP contribution in [0.1, 0.15) is 50.9 Å². The van der Waals surface area contributed by atoms with Gasteiger partial charge in [-0.3, -0.25) is 9.78 Å². The van der Waals surface area contributed by atoms with Crippen molar-refractivity contribution >= 4 is 17.9 Å². The third kappa shape index (κ3) is 5.48. The van der Waals surface area contributed by atoms with Crippen molar-refractivity contribution in [1.82, 2.24) is 25.5 Å². The lowest BCUT2D eigenvalue weighted by molar-refractivity contribution is 0.0500. The van der Waals surface area contributed by atoms with Crippen LogP contribution >= 0.6 is 11.8 Å². The summed E-state index contributed by atoms with van der Waals surface area (Å²) in [4.78, 5) is 39.5. The predicted molar refractivity (Wildman–Crippen MR) is 94.1 cm³/mol. The van der Waals surface area contributed by atoms with E-state index in [0.717, 1.165) is 11.8 Å². The zero-order valence-electron chi connectivity index (χ0n) is 15.1. The molecule has 26 heavy (non-hydrogen) atoms. The van der Waals surface area contributed by atoms with E-state index in [4.69, 9.17) is 9.15 Å². The molecule has 0 bridgehead atoms. The molecule has 142 valence electrons. The van der Waals surface area contributed by atoms with Crippen LogP contribution in [0.5, 0.6) is 0 Å². The Hall–Kier alpha value is -2.56. The number of carbonyl (C=O) groups is 1. The molecule has 1 atom stereocenters. The van der Waals surface area contributed by atoms with E-state index >= 15 is 0 Å². The summed E-state index contributed by atoms with van der Waals surface area (Å²) in [6, 6.07) is -0.537. The van der Waals surface area contributed by atoms with Gasteiger partial charge in [-0.15, -0.1) is 10.2 Å². The average molecular weight is 383 g/mol. The van der Waals surface area contributed by atoms with Gasteiger partial charge in [-0.05, 0) is 34.6 Å². The molecule has 0 aliphatic carbocycles. The number of thioether (sulfide) groups is 1. The summed E-state index contributed by atoms with van der Waals surface area (Å²) in [6.07, 6.45) is -0.590. The molecule has 2 rings (SSSR count). The van der Waals surface area contributed by atoms with Gasteiger partial charge in [0, 0.05) is 17.0 Å². The normalized spacial score (nSPS) is 12.7. The van der Waals surface area contributed by atoms with Crippen LogP contribution in [0.25, 0.3) is 0 Å². The van der Waals surface area contributed by atoms with Crippen molar-refractivity contribution in [1.29, 1.82) is 0 Å². The van der Waals surface area contributed by atoms with Crippen LogP contribution in [0.15, 0.2) is 19.2 Å². The highest BCUT2D eigenvalue weighted by Crippen LogP contribution is 2.23.